The number of piperidine rings is 1. The molecule has 1 aliphatic heterocycles. The highest BCUT2D eigenvalue weighted by Crippen LogP contribution is 2.54. The molecule has 2 saturated carbocycles. The number of carbonyl (C=O) groups excluding carboxylic acids is 1. The third kappa shape index (κ3) is 3.17. The van der Waals surface area contributed by atoms with Crippen LogP contribution in [0.5, 0.6) is 0 Å². The Morgan fingerprint density at radius 3 is 2.55 bits per heavy atom. The predicted octanol–water partition coefficient (Wildman–Crippen LogP) is 0.963. The molecule has 0 radical (unpaired) electrons. The largest absolute Gasteiger partial charge is 0.338 e. The first kappa shape index (κ1) is 14.3. The van der Waals surface area contributed by atoms with E-state index in [4.69, 9.17) is 0 Å². The van der Waals surface area contributed by atoms with Gasteiger partial charge in [0.2, 0.25) is 15.9 Å². The normalized spacial score (nSPS) is 36.8. The molecule has 1 amide bonds. The smallest absolute Gasteiger partial charge is 0.225 e. The fourth-order valence-electron chi connectivity index (χ4n) is 3.90. The quantitative estimate of drug-likeness (QED) is 0.841. The Labute approximate surface area is 121 Å². The van der Waals surface area contributed by atoms with Gasteiger partial charge in [0, 0.05) is 25.0 Å². The van der Waals surface area contributed by atoms with Crippen LogP contribution in [0, 0.1) is 17.8 Å². The monoisotopic (exact) mass is 300 g/mol. The summed E-state index contributed by atoms with van der Waals surface area (Å²) in [5.74, 6) is 2.09. The summed E-state index contributed by atoms with van der Waals surface area (Å²) in [6.45, 7) is 1.16. The van der Waals surface area contributed by atoms with Gasteiger partial charge in [0.25, 0.3) is 0 Å². The first-order valence-electron chi connectivity index (χ1n) is 7.69. The van der Waals surface area contributed by atoms with Gasteiger partial charge in [-0.05, 0) is 50.4 Å². The topological polar surface area (TPSA) is 66.5 Å². The minimum absolute atomic E-state index is 0.0444. The van der Waals surface area contributed by atoms with E-state index in [0.717, 1.165) is 50.5 Å². The molecule has 3 unspecified atom stereocenters. The molecule has 1 heterocycles. The lowest BCUT2D eigenvalue weighted by Crippen LogP contribution is -2.51. The van der Waals surface area contributed by atoms with Gasteiger partial charge >= 0.3 is 0 Å². The summed E-state index contributed by atoms with van der Waals surface area (Å²) in [6.07, 6.45) is 7.65. The number of likely N-dealkylation sites (tertiary alicyclic amines) is 1. The van der Waals surface area contributed by atoms with Gasteiger partial charge < -0.3 is 4.90 Å². The van der Waals surface area contributed by atoms with Gasteiger partial charge in [-0.15, -0.1) is 0 Å². The number of hydrogen-bond donors (Lipinski definition) is 1. The average Bonchev–Trinajstić information content (AvgIpc) is 3.02. The molecule has 2 aliphatic carbocycles. The molecule has 0 aromatic carbocycles. The van der Waals surface area contributed by atoms with Crippen molar-refractivity contribution in [2.24, 2.45) is 17.8 Å². The third-order valence-electron chi connectivity index (χ3n) is 5.08. The summed E-state index contributed by atoms with van der Waals surface area (Å²) in [5, 5.41) is 0. The van der Waals surface area contributed by atoms with Crippen molar-refractivity contribution in [3.8, 4) is 0 Å². The van der Waals surface area contributed by atoms with E-state index in [1.807, 2.05) is 4.90 Å². The number of amides is 1. The van der Waals surface area contributed by atoms with E-state index in [1.54, 1.807) is 0 Å². The SMILES string of the molecule is CS(=O)(=O)NCC1CCCCN1C(=O)C1CC2CC2C1. The van der Waals surface area contributed by atoms with Crippen LogP contribution < -0.4 is 4.72 Å². The highest BCUT2D eigenvalue weighted by molar-refractivity contribution is 7.88. The third-order valence-corrected chi connectivity index (χ3v) is 5.78. The maximum atomic E-state index is 12.7. The zero-order valence-electron chi connectivity index (χ0n) is 12.0. The van der Waals surface area contributed by atoms with E-state index < -0.39 is 10.0 Å². The summed E-state index contributed by atoms with van der Waals surface area (Å²) in [4.78, 5) is 14.6. The number of nitrogens with zero attached hydrogens (tertiary/aromatic N) is 1. The Balaban J connectivity index is 1.60. The molecule has 1 N–H and O–H groups in total. The van der Waals surface area contributed by atoms with E-state index in [0.29, 0.717) is 6.54 Å². The predicted molar refractivity (Wildman–Crippen MR) is 76.5 cm³/mol. The molecule has 3 aliphatic rings. The van der Waals surface area contributed by atoms with Crippen LogP contribution in [0.15, 0.2) is 0 Å². The van der Waals surface area contributed by atoms with Gasteiger partial charge in [0.15, 0.2) is 0 Å². The van der Waals surface area contributed by atoms with Crippen molar-refractivity contribution in [2.45, 2.75) is 44.6 Å². The second-order valence-corrected chi connectivity index (χ2v) is 8.56. The Bertz CT molecular complexity index is 481. The van der Waals surface area contributed by atoms with Crippen LogP contribution in [-0.4, -0.2) is 44.6 Å². The Kier molecular flexibility index (Phi) is 3.79. The molecule has 20 heavy (non-hydrogen) atoms. The van der Waals surface area contributed by atoms with Gasteiger partial charge in [-0.2, -0.15) is 0 Å². The Hall–Kier alpha value is -0.620. The summed E-state index contributed by atoms with van der Waals surface area (Å²) in [6, 6.07) is 0.0444. The molecule has 5 nitrogen and oxygen atoms in total. The average molecular weight is 300 g/mol. The second-order valence-electron chi connectivity index (χ2n) is 6.73. The number of fused-ring (bicyclic) bond motifs is 1. The lowest BCUT2D eigenvalue weighted by Gasteiger charge is -2.37. The van der Waals surface area contributed by atoms with E-state index in [1.165, 1.54) is 12.7 Å². The molecule has 1 saturated heterocycles. The van der Waals surface area contributed by atoms with Gasteiger partial charge in [0.05, 0.1) is 6.26 Å². The number of rotatable bonds is 4. The van der Waals surface area contributed by atoms with Gasteiger partial charge in [-0.3, -0.25) is 4.79 Å². The fourth-order valence-corrected chi connectivity index (χ4v) is 4.40. The Morgan fingerprint density at radius 2 is 1.90 bits per heavy atom. The highest BCUT2D eigenvalue weighted by atomic mass is 32.2. The molecule has 3 fully saturated rings. The standard InChI is InChI=1S/C14H24N2O3S/c1-20(18,19)15-9-13-4-2-3-5-16(13)14(17)12-7-10-6-11(10)8-12/h10-13,15H,2-9H2,1H3. The number of sulfonamides is 1. The first-order valence-corrected chi connectivity index (χ1v) is 9.58. The van der Waals surface area contributed by atoms with Crippen LogP contribution in [-0.2, 0) is 14.8 Å². The summed E-state index contributed by atoms with van der Waals surface area (Å²) < 4.78 is 25.0. The lowest BCUT2D eigenvalue weighted by atomic mass is 9.96. The van der Waals surface area contributed by atoms with Crippen LogP contribution in [0.1, 0.15) is 38.5 Å². The van der Waals surface area contributed by atoms with Crippen LogP contribution in [0.25, 0.3) is 0 Å². The van der Waals surface area contributed by atoms with Crippen molar-refractivity contribution in [1.29, 1.82) is 0 Å². The van der Waals surface area contributed by atoms with Crippen LogP contribution in [0.3, 0.4) is 0 Å². The summed E-state index contributed by atoms with van der Waals surface area (Å²) >= 11 is 0. The van der Waals surface area contributed by atoms with Crippen molar-refractivity contribution in [3.63, 3.8) is 0 Å². The van der Waals surface area contributed by atoms with Gasteiger partial charge in [-0.25, -0.2) is 13.1 Å². The van der Waals surface area contributed by atoms with Crippen molar-refractivity contribution in [1.82, 2.24) is 9.62 Å². The molecule has 114 valence electrons. The van der Waals surface area contributed by atoms with Crippen LogP contribution >= 0.6 is 0 Å². The van der Waals surface area contributed by atoms with Crippen LogP contribution in [0.4, 0.5) is 0 Å². The molecular weight excluding hydrogens is 276 g/mol. The molecule has 3 atom stereocenters. The van der Waals surface area contributed by atoms with Crippen molar-refractivity contribution in [2.75, 3.05) is 19.3 Å². The van der Waals surface area contributed by atoms with E-state index >= 15 is 0 Å². The van der Waals surface area contributed by atoms with E-state index in [9.17, 15) is 13.2 Å². The number of carbonyl (C=O) groups is 1. The van der Waals surface area contributed by atoms with E-state index in [-0.39, 0.29) is 17.9 Å². The molecule has 0 spiro atoms. The maximum absolute atomic E-state index is 12.7. The minimum Gasteiger partial charge on any atom is -0.338 e. The fraction of sp³-hybridized carbons (Fsp3) is 0.929. The Morgan fingerprint density at radius 1 is 1.20 bits per heavy atom. The van der Waals surface area contributed by atoms with Gasteiger partial charge in [-0.1, -0.05) is 0 Å². The summed E-state index contributed by atoms with van der Waals surface area (Å²) in [5.41, 5.74) is 0. The second kappa shape index (κ2) is 5.30. The molecule has 6 heteroatoms. The maximum Gasteiger partial charge on any atom is 0.225 e. The van der Waals surface area contributed by atoms with Crippen molar-refractivity contribution in [3.05, 3.63) is 0 Å². The highest BCUT2D eigenvalue weighted by Gasteiger charge is 2.49. The van der Waals surface area contributed by atoms with Crippen LogP contribution in [0.2, 0.25) is 0 Å². The lowest BCUT2D eigenvalue weighted by molar-refractivity contribution is -0.139. The molecule has 0 aromatic rings. The minimum atomic E-state index is -3.18. The zero-order valence-corrected chi connectivity index (χ0v) is 12.9. The van der Waals surface area contributed by atoms with E-state index in [2.05, 4.69) is 4.72 Å². The molecule has 0 bridgehead atoms. The summed E-state index contributed by atoms with van der Waals surface area (Å²) in [7, 11) is -3.18. The first-order chi connectivity index (χ1) is 9.44. The number of nitrogens with one attached hydrogen (secondary N) is 1. The molecule has 0 aromatic heterocycles. The van der Waals surface area contributed by atoms with Crippen molar-refractivity contribution < 1.29 is 13.2 Å². The number of hydrogen-bond acceptors (Lipinski definition) is 3. The molecular formula is C14H24N2O3S. The van der Waals surface area contributed by atoms with Crippen molar-refractivity contribution >= 4 is 15.9 Å². The van der Waals surface area contributed by atoms with Gasteiger partial charge in [0.1, 0.15) is 0 Å². The molecule has 3 rings (SSSR count). The zero-order chi connectivity index (χ0) is 14.3.